The molecule has 10 heteroatoms. The number of hydrogen-bond donors (Lipinski definition) is 0. The standard InChI is InChI=1S/C13H15ClF3NO4S/c1-3-18(8-12(19)22-4-2)23(20,21)11-6-5-9(14)7-10(11)13(15,16)17/h5-7H,3-4,8H2,1-2H3. The molecule has 0 heterocycles. The van der Waals surface area contributed by atoms with Crippen LogP contribution in [0.3, 0.4) is 0 Å². The summed E-state index contributed by atoms with van der Waals surface area (Å²) in [6, 6.07) is 2.35. The third-order valence-corrected chi connectivity index (χ3v) is 5.04. The van der Waals surface area contributed by atoms with Crippen molar-refractivity contribution < 1.29 is 31.1 Å². The Bertz CT molecular complexity index is 676. The summed E-state index contributed by atoms with van der Waals surface area (Å²) < 4.78 is 69.4. The number of likely N-dealkylation sites (N-methyl/N-ethyl adjacent to an activating group) is 1. The lowest BCUT2D eigenvalue weighted by Gasteiger charge is -2.22. The number of rotatable bonds is 6. The van der Waals surface area contributed by atoms with Crippen LogP contribution in [0.4, 0.5) is 13.2 Å². The molecule has 0 radical (unpaired) electrons. The highest BCUT2D eigenvalue weighted by Crippen LogP contribution is 2.36. The zero-order valence-corrected chi connectivity index (χ0v) is 13.9. The number of carbonyl (C=O) groups is 1. The average Bonchev–Trinajstić information content (AvgIpc) is 2.43. The van der Waals surface area contributed by atoms with E-state index in [2.05, 4.69) is 4.74 Å². The Morgan fingerprint density at radius 3 is 2.39 bits per heavy atom. The van der Waals surface area contributed by atoms with E-state index in [4.69, 9.17) is 11.6 Å². The molecule has 0 aliphatic heterocycles. The molecule has 0 atom stereocenters. The topological polar surface area (TPSA) is 63.7 Å². The summed E-state index contributed by atoms with van der Waals surface area (Å²) in [4.78, 5) is 10.5. The van der Waals surface area contributed by atoms with Gasteiger partial charge < -0.3 is 4.74 Å². The molecule has 0 unspecified atom stereocenters. The minimum atomic E-state index is -4.91. The van der Waals surface area contributed by atoms with Crippen molar-refractivity contribution in [3.05, 3.63) is 28.8 Å². The molecule has 0 amide bonds. The van der Waals surface area contributed by atoms with Gasteiger partial charge in [0.15, 0.2) is 0 Å². The van der Waals surface area contributed by atoms with E-state index in [0.717, 1.165) is 12.1 Å². The van der Waals surface area contributed by atoms with Gasteiger partial charge in [-0.3, -0.25) is 4.79 Å². The number of nitrogens with zero attached hydrogens (tertiary/aromatic N) is 1. The first-order chi connectivity index (χ1) is 10.5. The summed E-state index contributed by atoms with van der Waals surface area (Å²) in [6.45, 7) is 2.10. The third kappa shape index (κ3) is 4.82. The Balaban J connectivity index is 3.34. The molecule has 0 saturated carbocycles. The van der Waals surface area contributed by atoms with Gasteiger partial charge in [-0.1, -0.05) is 18.5 Å². The van der Waals surface area contributed by atoms with Crippen molar-refractivity contribution in [1.29, 1.82) is 0 Å². The first-order valence-corrected chi connectivity index (χ1v) is 8.38. The molecule has 0 bridgehead atoms. The SMILES string of the molecule is CCOC(=O)CN(CC)S(=O)(=O)c1ccc(Cl)cc1C(F)(F)F. The molecule has 0 N–H and O–H groups in total. The van der Waals surface area contributed by atoms with Crippen LogP contribution in [-0.2, 0) is 25.7 Å². The zero-order valence-electron chi connectivity index (χ0n) is 12.4. The van der Waals surface area contributed by atoms with Gasteiger partial charge in [-0.2, -0.15) is 17.5 Å². The van der Waals surface area contributed by atoms with Crippen LogP contribution in [0.1, 0.15) is 19.4 Å². The Kier molecular flexibility index (Phi) is 6.43. The van der Waals surface area contributed by atoms with E-state index in [1.54, 1.807) is 0 Å². The number of carbonyl (C=O) groups excluding carboxylic acids is 1. The van der Waals surface area contributed by atoms with Crippen LogP contribution < -0.4 is 0 Å². The van der Waals surface area contributed by atoms with Gasteiger partial charge in [-0.15, -0.1) is 0 Å². The predicted molar refractivity (Wildman–Crippen MR) is 77.5 cm³/mol. The number of hydrogen-bond acceptors (Lipinski definition) is 4. The third-order valence-electron chi connectivity index (χ3n) is 2.83. The Labute approximate surface area is 137 Å². The molecule has 5 nitrogen and oxygen atoms in total. The summed E-state index contributed by atoms with van der Waals surface area (Å²) in [5.41, 5.74) is -1.38. The molecule has 1 rings (SSSR count). The van der Waals surface area contributed by atoms with Gasteiger partial charge >= 0.3 is 12.1 Å². The number of ether oxygens (including phenoxy) is 1. The quantitative estimate of drug-likeness (QED) is 0.719. The molecule has 130 valence electrons. The first kappa shape index (κ1) is 19.7. The minimum absolute atomic E-state index is 0.0329. The molecule has 0 aromatic heterocycles. The molecular formula is C13H15ClF3NO4S. The number of halogens is 4. The second kappa shape index (κ2) is 7.50. The van der Waals surface area contributed by atoms with E-state index in [1.807, 2.05) is 0 Å². The highest BCUT2D eigenvalue weighted by molar-refractivity contribution is 7.89. The van der Waals surface area contributed by atoms with Gasteiger partial charge in [0, 0.05) is 11.6 Å². The number of sulfonamides is 1. The second-order valence-corrected chi connectivity index (χ2v) is 6.72. The molecule has 23 heavy (non-hydrogen) atoms. The van der Waals surface area contributed by atoms with Crippen molar-refractivity contribution in [3.8, 4) is 0 Å². The number of benzene rings is 1. The monoisotopic (exact) mass is 373 g/mol. The fourth-order valence-electron chi connectivity index (χ4n) is 1.81. The van der Waals surface area contributed by atoms with Crippen molar-refractivity contribution >= 4 is 27.6 Å². The minimum Gasteiger partial charge on any atom is -0.465 e. The Hall–Kier alpha value is -1.32. The van der Waals surface area contributed by atoms with Crippen LogP contribution in [0.25, 0.3) is 0 Å². The lowest BCUT2D eigenvalue weighted by atomic mass is 10.2. The molecular weight excluding hydrogens is 359 g/mol. The number of alkyl halides is 3. The smallest absolute Gasteiger partial charge is 0.417 e. The summed E-state index contributed by atoms with van der Waals surface area (Å²) in [7, 11) is -4.54. The van der Waals surface area contributed by atoms with Crippen LogP contribution >= 0.6 is 11.6 Å². The predicted octanol–water partition coefficient (Wildman–Crippen LogP) is 2.93. The van der Waals surface area contributed by atoms with Crippen molar-refractivity contribution in [3.63, 3.8) is 0 Å². The molecule has 0 saturated heterocycles. The highest BCUT2D eigenvalue weighted by Gasteiger charge is 2.39. The van der Waals surface area contributed by atoms with Crippen LogP contribution in [0.5, 0.6) is 0 Å². The fraction of sp³-hybridized carbons (Fsp3) is 0.462. The molecule has 0 aliphatic rings. The van der Waals surface area contributed by atoms with E-state index in [9.17, 15) is 26.4 Å². The van der Waals surface area contributed by atoms with Gasteiger partial charge in [0.05, 0.1) is 17.1 Å². The molecule has 1 aromatic rings. The normalized spacial score (nSPS) is 12.5. The van der Waals surface area contributed by atoms with Gasteiger partial charge in [-0.05, 0) is 25.1 Å². The highest BCUT2D eigenvalue weighted by atomic mass is 35.5. The summed E-state index contributed by atoms with van der Waals surface area (Å²) in [5.74, 6) is -0.847. The van der Waals surface area contributed by atoms with Crippen molar-refractivity contribution in [2.45, 2.75) is 24.9 Å². The lowest BCUT2D eigenvalue weighted by Crippen LogP contribution is -2.37. The van der Waals surface area contributed by atoms with Gasteiger partial charge in [0.2, 0.25) is 10.0 Å². The number of esters is 1. The van der Waals surface area contributed by atoms with Crippen LogP contribution in [0.2, 0.25) is 5.02 Å². The second-order valence-electron chi connectivity index (χ2n) is 4.37. The van der Waals surface area contributed by atoms with Crippen LogP contribution in [-0.4, -0.2) is 38.4 Å². The maximum Gasteiger partial charge on any atom is 0.417 e. The fourth-order valence-corrected chi connectivity index (χ4v) is 3.56. The van der Waals surface area contributed by atoms with E-state index in [-0.39, 0.29) is 18.2 Å². The van der Waals surface area contributed by atoms with Crippen molar-refractivity contribution in [1.82, 2.24) is 4.31 Å². The van der Waals surface area contributed by atoms with E-state index in [1.165, 1.54) is 13.8 Å². The lowest BCUT2D eigenvalue weighted by molar-refractivity contribution is -0.143. The van der Waals surface area contributed by atoms with E-state index in [0.29, 0.717) is 10.4 Å². The van der Waals surface area contributed by atoms with Gasteiger partial charge in [0.25, 0.3) is 0 Å². The molecule has 0 aliphatic carbocycles. The van der Waals surface area contributed by atoms with Gasteiger partial charge in [-0.25, -0.2) is 8.42 Å². The van der Waals surface area contributed by atoms with Crippen molar-refractivity contribution in [2.24, 2.45) is 0 Å². The molecule has 1 aromatic carbocycles. The Morgan fingerprint density at radius 1 is 1.30 bits per heavy atom. The first-order valence-electron chi connectivity index (χ1n) is 6.56. The molecule has 0 spiro atoms. The summed E-state index contributed by atoms with van der Waals surface area (Å²) in [5, 5.41) is -0.246. The van der Waals surface area contributed by atoms with E-state index >= 15 is 0 Å². The van der Waals surface area contributed by atoms with Gasteiger partial charge in [0.1, 0.15) is 6.54 Å². The Morgan fingerprint density at radius 2 is 1.91 bits per heavy atom. The molecule has 0 fully saturated rings. The maximum absolute atomic E-state index is 13.1. The average molecular weight is 374 g/mol. The van der Waals surface area contributed by atoms with E-state index < -0.39 is 39.2 Å². The largest absolute Gasteiger partial charge is 0.465 e. The maximum atomic E-state index is 13.1. The van der Waals surface area contributed by atoms with Crippen molar-refractivity contribution in [2.75, 3.05) is 19.7 Å². The summed E-state index contributed by atoms with van der Waals surface area (Å²) >= 11 is 5.53. The summed E-state index contributed by atoms with van der Waals surface area (Å²) in [6.07, 6.45) is -4.91. The van der Waals surface area contributed by atoms with Crippen LogP contribution in [0.15, 0.2) is 23.1 Å². The zero-order chi connectivity index (χ0) is 17.8. The van der Waals surface area contributed by atoms with Crippen LogP contribution in [0, 0.1) is 0 Å².